The van der Waals surface area contributed by atoms with Crippen molar-refractivity contribution in [1.29, 1.82) is 0 Å². The Balaban J connectivity index is 1.70. The third kappa shape index (κ3) is 4.07. The SMILES string of the molecule is CNCC1CCC(CN(C)Cc2cccs2)O1. The number of likely N-dealkylation sites (N-methyl/N-ethyl adjacent to an activating group) is 2. The molecule has 1 aliphatic rings. The second kappa shape index (κ2) is 6.50. The summed E-state index contributed by atoms with van der Waals surface area (Å²) < 4.78 is 5.99. The van der Waals surface area contributed by atoms with Gasteiger partial charge in [-0.15, -0.1) is 11.3 Å². The molecule has 1 saturated heterocycles. The van der Waals surface area contributed by atoms with Crippen molar-refractivity contribution in [3.63, 3.8) is 0 Å². The predicted octanol–water partition coefficient (Wildman–Crippen LogP) is 1.95. The van der Waals surface area contributed by atoms with Crippen LogP contribution in [0.15, 0.2) is 17.5 Å². The van der Waals surface area contributed by atoms with Crippen molar-refractivity contribution in [2.24, 2.45) is 0 Å². The van der Waals surface area contributed by atoms with Crippen molar-refractivity contribution in [2.45, 2.75) is 31.6 Å². The Morgan fingerprint density at radius 3 is 3.00 bits per heavy atom. The van der Waals surface area contributed by atoms with Crippen molar-refractivity contribution in [3.8, 4) is 0 Å². The lowest BCUT2D eigenvalue weighted by molar-refractivity contribution is 0.0277. The summed E-state index contributed by atoms with van der Waals surface area (Å²) in [4.78, 5) is 3.79. The van der Waals surface area contributed by atoms with Crippen LogP contribution in [-0.4, -0.2) is 44.3 Å². The van der Waals surface area contributed by atoms with Crippen LogP contribution >= 0.6 is 11.3 Å². The maximum atomic E-state index is 5.99. The summed E-state index contributed by atoms with van der Waals surface area (Å²) in [5.41, 5.74) is 0. The summed E-state index contributed by atoms with van der Waals surface area (Å²) >= 11 is 1.83. The van der Waals surface area contributed by atoms with Gasteiger partial charge in [0.25, 0.3) is 0 Å². The van der Waals surface area contributed by atoms with Gasteiger partial charge in [-0.05, 0) is 38.4 Å². The van der Waals surface area contributed by atoms with Gasteiger partial charge in [0.2, 0.25) is 0 Å². The first-order valence-corrected chi connectivity index (χ1v) is 7.17. The largest absolute Gasteiger partial charge is 0.372 e. The van der Waals surface area contributed by atoms with Crippen molar-refractivity contribution in [2.75, 3.05) is 27.2 Å². The van der Waals surface area contributed by atoms with Crippen LogP contribution in [0, 0.1) is 0 Å². The molecule has 17 heavy (non-hydrogen) atoms. The van der Waals surface area contributed by atoms with Gasteiger partial charge in [0, 0.05) is 24.5 Å². The molecular weight excluding hydrogens is 232 g/mol. The molecule has 2 rings (SSSR count). The third-order valence-electron chi connectivity index (χ3n) is 3.15. The molecule has 1 aromatic rings. The Kier molecular flexibility index (Phi) is 4.98. The van der Waals surface area contributed by atoms with Gasteiger partial charge in [0.05, 0.1) is 12.2 Å². The number of rotatable bonds is 6. The molecule has 0 saturated carbocycles. The summed E-state index contributed by atoms with van der Waals surface area (Å²) in [6.07, 6.45) is 3.22. The van der Waals surface area contributed by atoms with Crippen LogP contribution < -0.4 is 5.32 Å². The highest BCUT2D eigenvalue weighted by molar-refractivity contribution is 7.09. The normalized spacial score (nSPS) is 24.6. The minimum atomic E-state index is 0.415. The average molecular weight is 254 g/mol. The molecule has 2 unspecified atom stereocenters. The molecule has 4 heteroatoms. The van der Waals surface area contributed by atoms with E-state index >= 15 is 0 Å². The van der Waals surface area contributed by atoms with E-state index in [1.165, 1.54) is 17.7 Å². The van der Waals surface area contributed by atoms with E-state index in [9.17, 15) is 0 Å². The van der Waals surface area contributed by atoms with E-state index in [4.69, 9.17) is 4.74 Å². The number of nitrogens with one attached hydrogen (secondary N) is 1. The summed E-state index contributed by atoms with van der Waals surface area (Å²) in [5.74, 6) is 0. The second-order valence-electron chi connectivity index (χ2n) is 4.79. The molecule has 0 bridgehead atoms. The quantitative estimate of drug-likeness (QED) is 0.840. The van der Waals surface area contributed by atoms with Crippen LogP contribution in [0.5, 0.6) is 0 Å². The number of nitrogens with zero attached hydrogens (tertiary/aromatic N) is 1. The third-order valence-corrected chi connectivity index (χ3v) is 4.01. The minimum absolute atomic E-state index is 0.415. The summed E-state index contributed by atoms with van der Waals surface area (Å²) in [5, 5.41) is 5.32. The molecular formula is C13H22N2OS. The van der Waals surface area contributed by atoms with Gasteiger partial charge in [-0.3, -0.25) is 4.90 Å². The molecule has 3 nitrogen and oxygen atoms in total. The number of hydrogen-bond acceptors (Lipinski definition) is 4. The Bertz CT molecular complexity index is 315. The topological polar surface area (TPSA) is 24.5 Å². The lowest BCUT2D eigenvalue weighted by atomic mass is 10.2. The zero-order chi connectivity index (χ0) is 12.1. The fourth-order valence-electron chi connectivity index (χ4n) is 2.37. The standard InChI is InChI=1S/C13H22N2OS/c1-14-8-11-5-6-12(16-11)9-15(2)10-13-4-3-7-17-13/h3-4,7,11-12,14H,5-6,8-10H2,1-2H3. The van der Waals surface area contributed by atoms with Crippen molar-refractivity contribution >= 4 is 11.3 Å². The Morgan fingerprint density at radius 2 is 2.29 bits per heavy atom. The average Bonchev–Trinajstić information content (AvgIpc) is 2.91. The fourth-order valence-corrected chi connectivity index (χ4v) is 3.16. The van der Waals surface area contributed by atoms with Gasteiger partial charge in [-0.2, -0.15) is 0 Å². The van der Waals surface area contributed by atoms with E-state index in [0.717, 1.165) is 19.6 Å². The highest BCUT2D eigenvalue weighted by atomic mass is 32.1. The van der Waals surface area contributed by atoms with Crippen LogP contribution in [0.4, 0.5) is 0 Å². The molecule has 1 N–H and O–H groups in total. The first-order valence-electron chi connectivity index (χ1n) is 6.29. The van der Waals surface area contributed by atoms with Gasteiger partial charge >= 0.3 is 0 Å². The van der Waals surface area contributed by atoms with Crippen molar-refractivity contribution in [3.05, 3.63) is 22.4 Å². The van der Waals surface area contributed by atoms with Crippen LogP contribution in [0.1, 0.15) is 17.7 Å². The first-order chi connectivity index (χ1) is 8.28. The summed E-state index contributed by atoms with van der Waals surface area (Å²) in [7, 11) is 4.16. The Morgan fingerprint density at radius 1 is 1.47 bits per heavy atom. The number of ether oxygens (including phenoxy) is 1. The van der Waals surface area contributed by atoms with Gasteiger partial charge in [0.15, 0.2) is 0 Å². The van der Waals surface area contributed by atoms with Crippen LogP contribution in [0.25, 0.3) is 0 Å². The molecule has 2 heterocycles. The molecule has 0 radical (unpaired) electrons. The first kappa shape index (κ1) is 13.0. The van der Waals surface area contributed by atoms with Crippen LogP contribution in [0.3, 0.4) is 0 Å². The van der Waals surface area contributed by atoms with E-state index in [1.807, 2.05) is 18.4 Å². The number of hydrogen-bond donors (Lipinski definition) is 1. The summed E-state index contributed by atoms with van der Waals surface area (Å²) in [6.45, 7) is 3.05. The van der Waals surface area contributed by atoms with E-state index in [0.29, 0.717) is 12.2 Å². The molecule has 1 aromatic heterocycles. The zero-order valence-corrected chi connectivity index (χ0v) is 11.5. The summed E-state index contributed by atoms with van der Waals surface area (Å²) in [6, 6.07) is 4.31. The van der Waals surface area contributed by atoms with Gasteiger partial charge in [-0.1, -0.05) is 6.07 Å². The monoisotopic (exact) mass is 254 g/mol. The van der Waals surface area contributed by atoms with E-state index < -0.39 is 0 Å². The van der Waals surface area contributed by atoms with Crippen molar-refractivity contribution in [1.82, 2.24) is 10.2 Å². The maximum Gasteiger partial charge on any atom is 0.0707 e. The minimum Gasteiger partial charge on any atom is -0.372 e. The van der Waals surface area contributed by atoms with Crippen LogP contribution in [-0.2, 0) is 11.3 Å². The lowest BCUT2D eigenvalue weighted by Gasteiger charge is -2.20. The molecule has 0 amide bonds. The van der Waals surface area contributed by atoms with Gasteiger partial charge in [-0.25, -0.2) is 0 Å². The molecule has 0 aromatic carbocycles. The molecule has 1 fully saturated rings. The zero-order valence-electron chi connectivity index (χ0n) is 10.7. The van der Waals surface area contributed by atoms with Crippen molar-refractivity contribution < 1.29 is 4.74 Å². The predicted molar refractivity (Wildman–Crippen MR) is 72.5 cm³/mol. The molecule has 0 spiro atoms. The van der Waals surface area contributed by atoms with Crippen LogP contribution in [0.2, 0.25) is 0 Å². The molecule has 0 aliphatic carbocycles. The smallest absolute Gasteiger partial charge is 0.0707 e. The van der Waals surface area contributed by atoms with E-state index in [-0.39, 0.29) is 0 Å². The van der Waals surface area contributed by atoms with Gasteiger partial charge < -0.3 is 10.1 Å². The van der Waals surface area contributed by atoms with Gasteiger partial charge in [0.1, 0.15) is 0 Å². The number of thiophene rings is 1. The highest BCUT2D eigenvalue weighted by Crippen LogP contribution is 2.20. The Labute approximate surface area is 108 Å². The fraction of sp³-hybridized carbons (Fsp3) is 0.692. The Hall–Kier alpha value is -0.420. The lowest BCUT2D eigenvalue weighted by Crippen LogP contribution is -2.30. The van der Waals surface area contributed by atoms with E-state index in [2.05, 4.69) is 34.8 Å². The molecule has 96 valence electrons. The molecule has 2 atom stereocenters. The van der Waals surface area contributed by atoms with E-state index in [1.54, 1.807) is 0 Å². The second-order valence-corrected chi connectivity index (χ2v) is 5.82. The highest BCUT2D eigenvalue weighted by Gasteiger charge is 2.25. The molecule has 1 aliphatic heterocycles. The maximum absolute atomic E-state index is 5.99.